The molecule has 3 rings (SSSR count). The summed E-state index contributed by atoms with van der Waals surface area (Å²) < 4.78 is 1.17. The molecular weight excluding hydrogens is 300 g/mol. The van der Waals surface area contributed by atoms with Gasteiger partial charge in [0.2, 0.25) is 0 Å². The molecule has 0 saturated heterocycles. The van der Waals surface area contributed by atoms with Gasteiger partial charge in [-0.25, -0.2) is 0 Å². The first-order valence-corrected chi connectivity index (χ1v) is 7.44. The van der Waals surface area contributed by atoms with E-state index in [1.807, 2.05) is 18.5 Å². The summed E-state index contributed by atoms with van der Waals surface area (Å²) in [5.41, 5.74) is 3.87. The van der Waals surface area contributed by atoms with E-state index in [0.717, 1.165) is 0 Å². The van der Waals surface area contributed by atoms with Crippen molar-refractivity contribution in [2.75, 3.05) is 5.32 Å². The molecule has 1 aliphatic carbocycles. The van der Waals surface area contributed by atoms with Crippen molar-refractivity contribution >= 4 is 21.6 Å². The fourth-order valence-corrected chi connectivity index (χ4v) is 3.02. The van der Waals surface area contributed by atoms with Crippen LogP contribution in [0.4, 0.5) is 5.69 Å². The Morgan fingerprint density at radius 2 is 2.11 bits per heavy atom. The Morgan fingerprint density at radius 3 is 2.84 bits per heavy atom. The summed E-state index contributed by atoms with van der Waals surface area (Å²) in [6, 6.07) is 11.3. The summed E-state index contributed by atoms with van der Waals surface area (Å²) in [5, 5.41) is 3.59. The van der Waals surface area contributed by atoms with Crippen LogP contribution in [0.15, 0.2) is 47.2 Å². The molecule has 0 unspecified atom stereocenters. The van der Waals surface area contributed by atoms with Crippen LogP contribution in [0.2, 0.25) is 0 Å². The maximum absolute atomic E-state index is 4.18. The molecule has 0 aliphatic heterocycles. The normalized spacial score (nSPS) is 21.8. The standard InChI is InChI=1S/C16H17BrN2/c1-11-5-6-18-10-16(11)19-15-8-13(9-15)12-3-2-4-14(17)7-12/h2-7,10,13,15,19H,8-9H2,1H3. The first kappa shape index (κ1) is 12.7. The minimum absolute atomic E-state index is 0.576. The number of rotatable bonds is 3. The van der Waals surface area contributed by atoms with Crippen molar-refractivity contribution in [2.24, 2.45) is 0 Å². The zero-order chi connectivity index (χ0) is 13.2. The second-order valence-corrected chi connectivity index (χ2v) is 6.17. The Bertz CT molecular complexity index is 576. The molecular formula is C16H17BrN2. The van der Waals surface area contributed by atoms with Gasteiger partial charge in [0.25, 0.3) is 0 Å². The third-order valence-corrected chi connectivity index (χ3v) is 4.35. The third kappa shape index (κ3) is 2.81. The number of benzene rings is 1. The minimum Gasteiger partial charge on any atom is -0.381 e. The number of nitrogens with zero attached hydrogens (tertiary/aromatic N) is 1. The molecule has 3 heteroatoms. The number of pyridine rings is 1. The fraction of sp³-hybridized carbons (Fsp3) is 0.312. The predicted molar refractivity (Wildman–Crippen MR) is 82.5 cm³/mol. The van der Waals surface area contributed by atoms with Crippen molar-refractivity contribution in [3.05, 3.63) is 58.3 Å². The van der Waals surface area contributed by atoms with Crippen LogP contribution in [0.3, 0.4) is 0 Å². The number of aryl methyl sites for hydroxylation is 1. The fourth-order valence-electron chi connectivity index (χ4n) is 2.60. The van der Waals surface area contributed by atoms with Crippen LogP contribution in [0.25, 0.3) is 0 Å². The molecule has 98 valence electrons. The number of aromatic nitrogens is 1. The zero-order valence-electron chi connectivity index (χ0n) is 10.9. The van der Waals surface area contributed by atoms with Crippen molar-refractivity contribution in [1.82, 2.24) is 4.98 Å². The highest BCUT2D eigenvalue weighted by Gasteiger charge is 2.30. The number of hydrogen-bond donors (Lipinski definition) is 1. The van der Waals surface area contributed by atoms with Crippen LogP contribution in [0.5, 0.6) is 0 Å². The molecule has 1 N–H and O–H groups in total. The van der Waals surface area contributed by atoms with E-state index in [1.54, 1.807) is 0 Å². The molecule has 19 heavy (non-hydrogen) atoms. The lowest BCUT2D eigenvalue weighted by Crippen LogP contribution is -2.34. The highest BCUT2D eigenvalue weighted by Crippen LogP contribution is 2.39. The van der Waals surface area contributed by atoms with Gasteiger partial charge >= 0.3 is 0 Å². The lowest BCUT2D eigenvalue weighted by molar-refractivity contribution is 0.374. The summed E-state index contributed by atoms with van der Waals surface area (Å²) in [4.78, 5) is 4.18. The van der Waals surface area contributed by atoms with Crippen LogP contribution in [0, 0.1) is 6.92 Å². The molecule has 0 atom stereocenters. The molecule has 2 nitrogen and oxygen atoms in total. The smallest absolute Gasteiger partial charge is 0.0558 e. The van der Waals surface area contributed by atoms with Gasteiger partial charge in [0, 0.05) is 16.7 Å². The van der Waals surface area contributed by atoms with Crippen molar-refractivity contribution in [1.29, 1.82) is 0 Å². The first-order chi connectivity index (χ1) is 9.22. The molecule has 0 spiro atoms. The highest BCUT2D eigenvalue weighted by molar-refractivity contribution is 9.10. The van der Waals surface area contributed by atoms with E-state index in [-0.39, 0.29) is 0 Å². The topological polar surface area (TPSA) is 24.9 Å². The lowest BCUT2D eigenvalue weighted by atomic mass is 9.76. The number of hydrogen-bond acceptors (Lipinski definition) is 2. The summed E-state index contributed by atoms with van der Waals surface area (Å²) in [7, 11) is 0. The Morgan fingerprint density at radius 1 is 1.26 bits per heavy atom. The molecule has 0 bridgehead atoms. The Balaban J connectivity index is 1.60. The van der Waals surface area contributed by atoms with Crippen LogP contribution < -0.4 is 5.32 Å². The van der Waals surface area contributed by atoms with Crippen LogP contribution in [-0.2, 0) is 0 Å². The van der Waals surface area contributed by atoms with Gasteiger partial charge in [-0.05, 0) is 55.0 Å². The number of nitrogens with one attached hydrogen (secondary N) is 1. The van der Waals surface area contributed by atoms with Crippen LogP contribution >= 0.6 is 15.9 Å². The van der Waals surface area contributed by atoms with E-state index in [0.29, 0.717) is 12.0 Å². The molecule has 1 aromatic heterocycles. The van der Waals surface area contributed by atoms with E-state index in [4.69, 9.17) is 0 Å². The zero-order valence-corrected chi connectivity index (χ0v) is 12.5. The van der Waals surface area contributed by atoms with Gasteiger partial charge in [0.05, 0.1) is 11.9 Å². The highest BCUT2D eigenvalue weighted by atomic mass is 79.9. The molecule has 2 aromatic rings. The van der Waals surface area contributed by atoms with Gasteiger partial charge in [-0.3, -0.25) is 4.98 Å². The average molecular weight is 317 g/mol. The quantitative estimate of drug-likeness (QED) is 0.901. The largest absolute Gasteiger partial charge is 0.381 e. The van der Waals surface area contributed by atoms with Crippen LogP contribution in [0.1, 0.15) is 29.9 Å². The third-order valence-electron chi connectivity index (χ3n) is 3.86. The summed E-state index contributed by atoms with van der Waals surface area (Å²) in [5.74, 6) is 0.687. The van der Waals surface area contributed by atoms with Gasteiger partial charge in [0.1, 0.15) is 0 Å². The van der Waals surface area contributed by atoms with Gasteiger partial charge in [-0.15, -0.1) is 0 Å². The summed E-state index contributed by atoms with van der Waals surface area (Å²) in [6.45, 7) is 2.12. The molecule has 0 radical (unpaired) electrons. The molecule has 1 saturated carbocycles. The molecule has 0 amide bonds. The van der Waals surface area contributed by atoms with Gasteiger partial charge in [-0.2, -0.15) is 0 Å². The minimum atomic E-state index is 0.576. The van der Waals surface area contributed by atoms with Crippen molar-refractivity contribution in [2.45, 2.75) is 31.7 Å². The molecule has 1 fully saturated rings. The van der Waals surface area contributed by atoms with Crippen LogP contribution in [-0.4, -0.2) is 11.0 Å². The van der Waals surface area contributed by atoms with Crippen molar-refractivity contribution in [3.8, 4) is 0 Å². The molecule has 1 aromatic carbocycles. The summed E-state index contributed by atoms with van der Waals surface area (Å²) >= 11 is 3.54. The van der Waals surface area contributed by atoms with E-state index < -0.39 is 0 Å². The Hall–Kier alpha value is -1.35. The second kappa shape index (κ2) is 5.33. The Kier molecular flexibility index (Phi) is 3.56. The second-order valence-electron chi connectivity index (χ2n) is 5.26. The van der Waals surface area contributed by atoms with Crippen molar-refractivity contribution in [3.63, 3.8) is 0 Å². The van der Waals surface area contributed by atoms with E-state index >= 15 is 0 Å². The Labute approximate surface area is 122 Å². The lowest BCUT2D eigenvalue weighted by Gasteiger charge is -2.37. The van der Waals surface area contributed by atoms with E-state index in [2.05, 4.69) is 57.4 Å². The number of halogens is 1. The first-order valence-electron chi connectivity index (χ1n) is 6.65. The van der Waals surface area contributed by atoms with E-state index in [9.17, 15) is 0 Å². The average Bonchev–Trinajstić information content (AvgIpc) is 2.35. The number of anilines is 1. The maximum Gasteiger partial charge on any atom is 0.0558 e. The monoisotopic (exact) mass is 316 g/mol. The van der Waals surface area contributed by atoms with Crippen molar-refractivity contribution < 1.29 is 0 Å². The SMILES string of the molecule is Cc1ccncc1NC1CC(c2cccc(Br)c2)C1. The molecule has 1 heterocycles. The van der Waals surface area contributed by atoms with E-state index in [1.165, 1.54) is 34.1 Å². The van der Waals surface area contributed by atoms with Gasteiger partial charge in [-0.1, -0.05) is 28.1 Å². The summed E-state index contributed by atoms with van der Waals surface area (Å²) in [6.07, 6.45) is 6.16. The predicted octanol–water partition coefficient (Wildman–Crippen LogP) is 4.51. The molecule has 1 aliphatic rings. The maximum atomic E-state index is 4.18. The van der Waals surface area contributed by atoms with Gasteiger partial charge in [0.15, 0.2) is 0 Å². The van der Waals surface area contributed by atoms with Gasteiger partial charge < -0.3 is 5.32 Å².